The molecule has 0 rings (SSSR count). The summed E-state index contributed by atoms with van der Waals surface area (Å²) in [6.07, 6.45) is 2.79. The van der Waals surface area contributed by atoms with Gasteiger partial charge in [-0.05, 0) is 26.2 Å². The molecule has 0 unspecified atom stereocenters. The summed E-state index contributed by atoms with van der Waals surface area (Å²) in [5.41, 5.74) is 2.26. The van der Waals surface area contributed by atoms with Gasteiger partial charge in [-0.3, -0.25) is 4.99 Å². The van der Waals surface area contributed by atoms with Crippen molar-refractivity contribution in [3.05, 3.63) is 11.8 Å². The molecule has 0 N–H and O–H groups in total. The molecule has 0 aliphatic rings. The maximum atomic E-state index is 5.24. The van der Waals surface area contributed by atoms with Gasteiger partial charge in [0.15, 0.2) is 0 Å². The molecule has 0 bridgehead atoms. The van der Waals surface area contributed by atoms with Crippen molar-refractivity contribution in [1.29, 1.82) is 0 Å². The smallest absolute Gasteiger partial charge is 0.0567 e. The molecule has 0 aromatic rings. The van der Waals surface area contributed by atoms with E-state index in [1.54, 1.807) is 0 Å². The number of allylic oxidation sites excluding steroid dienone is 1. The maximum Gasteiger partial charge on any atom is 0.0567 e. The summed E-state index contributed by atoms with van der Waals surface area (Å²) >= 11 is 5.24. The fourth-order valence-corrected chi connectivity index (χ4v) is 1.21. The highest BCUT2D eigenvalue weighted by Crippen LogP contribution is 2.04. The third-order valence-electron chi connectivity index (χ3n) is 1.62. The van der Waals surface area contributed by atoms with E-state index in [1.807, 2.05) is 20.0 Å². The topological polar surface area (TPSA) is 12.4 Å². The largest absolute Gasteiger partial charge is 0.260 e. The number of hydrogen-bond donors (Lipinski definition) is 0. The molecular formula is C11H19NS. The van der Waals surface area contributed by atoms with Crippen LogP contribution in [0, 0.1) is 5.92 Å². The Morgan fingerprint density at radius 1 is 1.38 bits per heavy atom. The van der Waals surface area contributed by atoms with Crippen LogP contribution in [0.3, 0.4) is 0 Å². The van der Waals surface area contributed by atoms with E-state index >= 15 is 0 Å². The molecule has 0 aliphatic heterocycles. The number of thiocarbonyl (C=S) groups is 1. The van der Waals surface area contributed by atoms with Gasteiger partial charge in [-0.15, -0.1) is 0 Å². The molecule has 0 amide bonds. The van der Waals surface area contributed by atoms with Crippen molar-refractivity contribution in [3.8, 4) is 0 Å². The normalized spacial score (nSPS) is 11.7. The van der Waals surface area contributed by atoms with Gasteiger partial charge in [0.05, 0.1) is 5.71 Å². The molecule has 0 saturated heterocycles. The first-order valence-corrected chi connectivity index (χ1v) is 5.14. The number of nitrogens with zero attached hydrogens (tertiary/aromatic N) is 1. The minimum absolute atomic E-state index is 0.419. The fourth-order valence-electron chi connectivity index (χ4n) is 0.923. The Bertz CT molecular complexity index is 232. The van der Waals surface area contributed by atoms with Gasteiger partial charge in [0.2, 0.25) is 0 Å². The summed E-state index contributed by atoms with van der Waals surface area (Å²) in [5.74, 6) is 0.419. The summed E-state index contributed by atoms with van der Waals surface area (Å²) in [4.78, 5) is 5.39. The van der Waals surface area contributed by atoms with Crippen molar-refractivity contribution in [2.45, 2.75) is 41.0 Å². The van der Waals surface area contributed by atoms with Crippen molar-refractivity contribution in [3.63, 3.8) is 0 Å². The SMILES string of the molecule is CCC(=S)/C(=N/C=C(C)C)C(C)C. The van der Waals surface area contributed by atoms with Crippen LogP contribution in [0.25, 0.3) is 0 Å². The minimum atomic E-state index is 0.419. The van der Waals surface area contributed by atoms with Crippen LogP contribution in [0.5, 0.6) is 0 Å². The van der Waals surface area contributed by atoms with E-state index in [9.17, 15) is 0 Å². The molecule has 0 aromatic heterocycles. The minimum Gasteiger partial charge on any atom is -0.260 e. The summed E-state index contributed by atoms with van der Waals surface area (Å²) in [6.45, 7) is 10.4. The second-order valence-corrected chi connectivity index (χ2v) is 4.15. The van der Waals surface area contributed by atoms with Gasteiger partial charge in [0.25, 0.3) is 0 Å². The Balaban J connectivity index is 4.71. The first-order valence-electron chi connectivity index (χ1n) is 4.73. The maximum absolute atomic E-state index is 5.24. The lowest BCUT2D eigenvalue weighted by Gasteiger charge is -2.08. The van der Waals surface area contributed by atoms with Gasteiger partial charge in [-0.1, -0.05) is 38.6 Å². The second-order valence-electron chi connectivity index (χ2n) is 3.65. The predicted octanol–water partition coefficient (Wildman–Crippen LogP) is 3.79. The highest BCUT2D eigenvalue weighted by Gasteiger charge is 2.08. The van der Waals surface area contributed by atoms with E-state index in [2.05, 4.69) is 25.8 Å². The highest BCUT2D eigenvalue weighted by molar-refractivity contribution is 7.82. The average molecular weight is 197 g/mol. The van der Waals surface area contributed by atoms with Crippen LogP contribution in [0.2, 0.25) is 0 Å². The van der Waals surface area contributed by atoms with E-state index in [0.717, 1.165) is 17.0 Å². The second kappa shape index (κ2) is 6.03. The van der Waals surface area contributed by atoms with Crippen LogP contribution < -0.4 is 0 Å². The standard InChI is InChI=1S/C11H19NS/c1-6-10(13)11(9(4)5)12-7-8(2)3/h7,9H,6H2,1-5H3/b12-11+. The molecule has 74 valence electrons. The first-order chi connectivity index (χ1) is 5.99. The summed E-state index contributed by atoms with van der Waals surface area (Å²) in [5, 5.41) is 0. The molecule has 13 heavy (non-hydrogen) atoms. The zero-order valence-corrected chi connectivity index (χ0v) is 10.0. The molecular weight excluding hydrogens is 178 g/mol. The Morgan fingerprint density at radius 3 is 2.23 bits per heavy atom. The number of rotatable bonds is 4. The van der Waals surface area contributed by atoms with Crippen LogP contribution >= 0.6 is 12.2 Å². The average Bonchev–Trinajstić information content (AvgIpc) is 2.03. The molecule has 0 saturated carbocycles. The summed E-state index contributed by atoms with van der Waals surface area (Å²) in [7, 11) is 0. The van der Waals surface area contributed by atoms with Crippen LogP contribution in [0.4, 0.5) is 0 Å². The monoisotopic (exact) mass is 197 g/mol. The van der Waals surface area contributed by atoms with Gasteiger partial charge in [-0.2, -0.15) is 0 Å². The Morgan fingerprint density at radius 2 is 1.92 bits per heavy atom. The predicted molar refractivity (Wildman–Crippen MR) is 64.6 cm³/mol. The Kier molecular flexibility index (Phi) is 5.80. The zero-order chi connectivity index (χ0) is 10.4. The van der Waals surface area contributed by atoms with Gasteiger partial charge < -0.3 is 0 Å². The molecule has 0 atom stereocenters. The lowest BCUT2D eigenvalue weighted by molar-refractivity contribution is 0.892. The molecule has 0 aromatic carbocycles. The summed E-state index contributed by atoms with van der Waals surface area (Å²) in [6, 6.07) is 0. The van der Waals surface area contributed by atoms with Crippen molar-refractivity contribution in [1.82, 2.24) is 0 Å². The Hall–Kier alpha value is -0.500. The van der Waals surface area contributed by atoms with Gasteiger partial charge in [0.1, 0.15) is 0 Å². The molecule has 0 spiro atoms. The van der Waals surface area contributed by atoms with Crippen molar-refractivity contribution < 1.29 is 0 Å². The van der Waals surface area contributed by atoms with E-state index < -0.39 is 0 Å². The van der Waals surface area contributed by atoms with E-state index in [0.29, 0.717) is 5.92 Å². The fraction of sp³-hybridized carbons (Fsp3) is 0.636. The highest BCUT2D eigenvalue weighted by atomic mass is 32.1. The lowest BCUT2D eigenvalue weighted by Crippen LogP contribution is -2.17. The van der Waals surface area contributed by atoms with Crippen LogP contribution in [-0.4, -0.2) is 10.6 Å². The zero-order valence-electron chi connectivity index (χ0n) is 9.22. The van der Waals surface area contributed by atoms with Crippen molar-refractivity contribution >= 4 is 22.8 Å². The van der Waals surface area contributed by atoms with Gasteiger partial charge in [-0.25, -0.2) is 0 Å². The summed E-state index contributed by atoms with van der Waals surface area (Å²) < 4.78 is 0. The quantitative estimate of drug-likeness (QED) is 0.493. The van der Waals surface area contributed by atoms with E-state index in [4.69, 9.17) is 12.2 Å². The van der Waals surface area contributed by atoms with Crippen molar-refractivity contribution in [2.24, 2.45) is 10.9 Å². The Labute approximate surface area is 87.0 Å². The third-order valence-corrected chi connectivity index (χ3v) is 2.11. The molecule has 0 aliphatic carbocycles. The number of hydrogen-bond acceptors (Lipinski definition) is 2. The third kappa shape index (κ3) is 4.94. The molecule has 0 heterocycles. The first kappa shape index (κ1) is 12.5. The molecule has 2 heteroatoms. The van der Waals surface area contributed by atoms with Crippen LogP contribution in [-0.2, 0) is 0 Å². The number of aliphatic imine (C=N–C) groups is 1. The van der Waals surface area contributed by atoms with Crippen LogP contribution in [0.15, 0.2) is 16.8 Å². The molecule has 1 nitrogen and oxygen atoms in total. The molecule has 0 fully saturated rings. The molecule has 0 radical (unpaired) electrons. The van der Waals surface area contributed by atoms with E-state index in [1.165, 1.54) is 5.57 Å². The van der Waals surface area contributed by atoms with Gasteiger partial charge >= 0.3 is 0 Å². The van der Waals surface area contributed by atoms with E-state index in [-0.39, 0.29) is 0 Å². The lowest BCUT2D eigenvalue weighted by atomic mass is 10.0. The van der Waals surface area contributed by atoms with Crippen LogP contribution in [0.1, 0.15) is 41.0 Å². The van der Waals surface area contributed by atoms with Gasteiger partial charge in [0, 0.05) is 11.1 Å². The van der Waals surface area contributed by atoms with Crippen molar-refractivity contribution in [2.75, 3.05) is 0 Å².